The maximum atomic E-state index is 11.0. The molecule has 1 N–H and O–H groups in total. The van der Waals surface area contributed by atoms with Gasteiger partial charge < -0.3 is 15.0 Å². The number of nitrogens with one attached hydrogen (secondary N) is 1. The van der Waals surface area contributed by atoms with E-state index in [1.165, 1.54) is 0 Å². The maximum absolute atomic E-state index is 11.0. The summed E-state index contributed by atoms with van der Waals surface area (Å²) in [4.78, 5) is 13.2. The quantitative estimate of drug-likeness (QED) is 0.453. The van der Waals surface area contributed by atoms with Crippen molar-refractivity contribution in [2.75, 3.05) is 40.3 Å². The first-order chi connectivity index (χ1) is 7.66. The Kier molecular flexibility index (Phi) is 10.5. The van der Waals surface area contributed by atoms with E-state index in [4.69, 9.17) is 4.74 Å². The third-order valence-electron chi connectivity index (χ3n) is 2.28. The van der Waals surface area contributed by atoms with Crippen molar-refractivity contribution in [3.05, 3.63) is 0 Å². The highest BCUT2D eigenvalue weighted by Crippen LogP contribution is 2.00. The lowest BCUT2D eigenvalue weighted by molar-refractivity contribution is -0.143. The number of hydrogen-bond acceptors (Lipinski definition) is 4. The van der Waals surface area contributed by atoms with Crippen LogP contribution in [0.2, 0.25) is 0 Å². The first-order valence-corrected chi connectivity index (χ1v) is 6.18. The summed E-state index contributed by atoms with van der Waals surface area (Å²) in [5.74, 6) is -0.0666. The van der Waals surface area contributed by atoms with Gasteiger partial charge in [-0.25, -0.2) is 0 Å². The van der Waals surface area contributed by atoms with Gasteiger partial charge >= 0.3 is 5.97 Å². The molecule has 96 valence electrons. The fraction of sp³-hybridized carbons (Fsp3) is 0.917. The lowest BCUT2D eigenvalue weighted by Crippen LogP contribution is -2.27. The molecule has 0 aromatic carbocycles. The zero-order valence-electron chi connectivity index (χ0n) is 10.9. The van der Waals surface area contributed by atoms with Crippen LogP contribution in [0.25, 0.3) is 0 Å². The van der Waals surface area contributed by atoms with Crippen LogP contribution in [0.3, 0.4) is 0 Å². The van der Waals surface area contributed by atoms with Gasteiger partial charge in [-0.05, 0) is 40.4 Å². The SMILES string of the molecule is CCOC(=O)CCCCCNCCN(C)C. The van der Waals surface area contributed by atoms with E-state index < -0.39 is 0 Å². The Morgan fingerprint density at radius 2 is 1.94 bits per heavy atom. The van der Waals surface area contributed by atoms with Crippen molar-refractivity contribution in [1.29, 1.82) is 0 Å². The standard InChI is InChI=1S/C12H26N2O2/c1-4-16-12(15)8-6-5-7-9-13-10-11-14(2)3/h13H,4-11H2,1-3H3. The molecule has 0 aliphatic rings. The van der Waals surface area contributed by atoms with Crippen LogP contribution in [0.1, 0.15) is 32.6 Å². The van der Waals surface area contributed by atoms with Gasteiger partial charge in [0.15, 0.2) is 0 Å². The van der Waals surface area contributed by atoms with Crippen molar-refractivity contribution in [2.24, 2.45) is 0 Å². The molecule has 4 heteroatoms. The molecule has 0 saturated carbocycles. The summed E-state index contributed by atoms with van der Waals surface area (Å²) in [7, 11) is 4.14. The van der Waals surface area contributed by atoms with Crippen LogP contribution in [0.5, 0.6) is 0 Å². The highest BCUT2D eigenvalue weighted by atomic mass is 16.5. The minimum Gasteiger partial charge on any atom is -0.466 e. The fourth-order valence-corrected chi connectivity index (χ4v) is 1.36. The topological polar surface area (TPSA) is 41.6 Å². The molecule has 4 nitrogen and oxygen atoms in total. The molecule has 0 fully saturated rings. The second kappa shape index (κ2) is 10.9. The van der Waals surface area contributed by atoms with Gasteiger partial charge in [0.1, 0.15) is 0 Å². The summed E-state index contributed by atoms with van der Waals surface area (Å²) in [5.41, 5.74) is 0. The van der Waals surface area contributed by atoms with Crippen LogP contribution < -0.4 is 5.32 Å². The summed E-state index contributed by atoms with van der Waals surface area (Å²) in [6, 6.07) is 0. The van der Waals surface area contributed by atoms with Crippen LogP contribution in [-0.2, 0) is 9.53 Å². The van der Waals surface area contributed by atoms with Crippen molar-refractivity contribution in [3.63, 3.8) is 0 Å². The fourth-order valence-electron chi connectivity index (χ4n) is 1.36. The number of carbonyl (C=O) groups is 1. The average molecular weight is 230 g/mol. The van der Waals surface area contributed by atoms with Gasteiger partial charge in [-0.2, -0.15) is 0 Å². The van der Waals surface area contributed by atoms with Crippen molar-refractivity contribution in [1.82, 2.24) is 10.2 Å². The molecule has 0 aliphatic carbocycles. The summed E-state index contributed by atoms with van der Waals surface area (Å²) < 4.78 is 4.85. The molecule has 0 saturated heterocycles. The van der Waals surface area contributed by atoms with Crippen LogP contribution in [0.15, 0.2) is 0 Å². The summed E-state index contributed by atoms with van der Waals surface area (Å²) in [6.45, 7) is 5.47. The number of carbonyl (C=O) groups excluding carboxylic acids is 1. The molecule has 0 bridgehead atoms. The van der Waals surface area contributed by atoms with E-state index in [0.29, 0.717) is 13.0 Å². The second-order valence-electron chi connectivity index (χ2n) is 4.17. The molecule has 0 heterocycles. The van der Waals surface area contributed by atoms with E-state index in [1.54, 1.807) is 0 Å². The van der Waals surface area contributed by atoms with Gasteiger partial charge in [0, 0.05) is 19.5 Å². The maximum Gasteiger partial charge on any atom is 0.305 e. The van der Waals surface area contributed by atoms with Crippen LogP contribution in [-0.4, -0.2) is 51.2 Å². The van der Waals surface area contributed by atoms with Gasteiger partial charge in [0.05, 0.1) is 6.61 Å². The van der Waals surface area contributed by atoms with Crippen LogP contribution in [0.4, 0.5) is 0 Å². The van der Waals surface area contributed by atoms with E-state index >= 15 is 0 Å². The Morgan fingerprint density at radius 1 is 1.19 bits per heavy atom. The van der Waals surface area contributed by atoms with Gasteiger partial charge in [-0.15, -0.1) is 0 Å². The van der Waals surface area contributed by atoms with Crippen LogP contribution >= 0.6 is 0 Å². The third-order valence-corrected chi connectivity index (χ3v) is 2.28. The lowest BCUT2D eigenvalue weighted by atomic mass is 10.2. The molecule has 0 atom stereocenters. The summed E-state index contributed by atoms with van der Waals surface area (Å²) in [5, 5.41) is 3.37. The molecule has 0 aliphatic heterocycles. The Balaban J connectivity index is 3.07. The number of ether oxygens (including phenoxy) is 1. The number of esters is 1. The number of hydrogen-bond donors (Lipinski definition) is 1. The predicted molar refractivity (Wildman–Crippen MR) is 66.5 cm³/mol. The second-order valence-corrected chi connectivity index (χ2v) is 4.17. The monoisotopic (exact) mass is 230 g/mol. The lowest BCUT2D eigenvalue weighted by Gasteiger charge is -2.09. The minimum absolute atomic E-state index is 0.0666. The van der Waals surface area contributed by atoms with E-state index in [0.717, 1.165) is 38.9 Å². The molecule has 0 spiro atoms. The molecule has 0 aromatic rings. The van der Waals surface area contributed by atoms with Crippen molar-refractivity contribution < 1.29 is 9.53 Å². The third kappa shape index (κ3) is 11.5. The predicted octanol–water partition coefficient (Wildman–Crippen LogP) is 1.26. The molecule has 0 rings (SSSR count). The number of likely N-dealkylation sites (N-methyl/N-ethyl adjacent to an activating group) is 1. The van der Waals surface area contributed by atoms with Crippen LogP contribution in [0, 0.1) is 0 Å². The number of nitrogens with zero attached hydrogens (tertiary/aromatic N) is 1. The highest BCUT2D eigenvalue weighted by molar-refractivity contribution is 5.69. The van der Waals surface area contributed by atoms with E-state index in [1.807, 2.05) is 6.92 Å². The average Bonchev–Trinajstić information content (AvgIpc) is 2.22. The zero-order chi connectivity index (χ0) is 12.2. The smallest absolute Gasteiger partial charge is 0.305 e. The van der Waals surface area contributed by atoms with Gasteiger partial charge in [-0.3, -0.25) is 4.79 Å². The minimum atomic E-state index is -0.0666. The van der Waals surface area contributed by atoms with Crippen molar-refractivity contribution in [2.45, 2.75) is 32.6 Å². The molecule has 0 radical (unpaired) electrons. The van der Waals surface area contributed by atoms with E-state index in [-0.39, 0.29) is 5.97 Å². The molecule has 16 heavy (non-hydrogen) atoms. The first-order valence-electron chi connectivity index (χ1n) is 6.18. The van der Waals surface area contributed by atoms with E-state index in [2.05, 4.69) is 24.3 Å². The molecule has 0 unspecified atom stereocenters. The largest absolute Gasteiger partial charge is 0.466 e. The Labute approximate surface area is 99.3 Å². The molecule has 0 aromatic heterocycles. The Morgan fingerprint density at radius 3 is 2.56 bits per heavy atom. The van der Waals surface area contributed by atoms with Gasteiger partial charge in [0.25, 0.3) is 0 Å². The van der Waals surface area contributed by atoms with Gasteiger partial charge in [0.2, 0.25) is 0 Å². The van der Waals surface area contributed by atoms with Crippen molar-refractivity contribution in [3.8, 4) is 0 Å². The number of unbranched alkanes of at least 4 members (excludes halogenated alkanes) is 2. The summed E-state index contributed by atoms with van der Waals surface area (Å²) >= 11 is 0. The molecular formula is C12H26N2O2. The Hall–Kier alpha value is -0.610. The van der Waals surface area contributed by atoms with E-state index in [9.17, 15) is 4.79 Å². The molecular weight excluding hydrogens is 204 g/mol. The normalized spacial score (nSPS) is 10.8. The summed E-state index contributed by atoms with van der Waals surface area (Å²) in [6.07, 6.45) is 3.72. The number of rotatable bonds is 10. The van der Waals surface area contributed by atoms with Crippen molar-refractivity contribution >= 4 is 5.97 Å². The van der Waals surface area contributed by atoms with Gasteiger partial charge in [-0.1, -0.05) is 6.42 Å². The zero-order valence-corrected chi connectivity index (χ0v) is 10.9. The Bertz CT molecular complexity index is 172. The highest BCUT2D eigenvalue weighted by Gasteiger charge is 2.00. The first kappa shape index (κ1) is 15.4. The molecule has 0 amide bonds.